The average Bonchev–Trinajstić information content (AvgIpc) is 2.63. The van der Waals surface area contributed by atoms with Gasteiger partial charge in [-0.2, -0.15) is 0 Å². The van der Waals surface area contributed by atoms with E-state index >= 15 is 0 Å². The van der Waals surface area contributed by atoms with Crippen LogP contribution in [0.15, 0.2) is 17.5 Å². The summed E-state index contributed by atoms with van der Waals surface area (Å²) in [5.41, 5.74) is 2.92. The highest BCUT2D eigenvalue weighted by atomic mass is 32.1. The van der Waals surface area contributed by atoms with Crippen LogP contribution in [-0.4, -0.2) is 4.98 Å². The lowest BCUT2D eigenvalue weighted by Gasteiger charge is -2.02. The van der Waals surface area contributed by atoms with Crippen molar-refractivity contribution in [1.82, 2.24) is 4.98 Å². The van der Waals surface area contributed by atoms with E-state index in [1.807, 2.05) is 0 Å². The van der Waals surface area contributed by atoms with Crippen LogP contribution in [0.25, 0.3) is 0 Å². The number of hydrogen-bond acceptors (Lipinski definition) is 2. The minimum absolute atomic E-state index is 0.0119. The Morgan fingerprint density at radius 1 is 1.20 bits per heavy atom. The summed E-state index contributed by atoms with van der Waals surface area (Å²) < 4.78 is 39.0. The number of benzene rings is 1. The number of rotatable bonds is 2. The van der Waals surface area contributed by atoms with E-state index in [1.54, 1.807) is 5.38 Å². The van der Waals surface area contributed by atoms with Gasteiger partial charge >= 0.3 is 0 Å². The standard InChI is InChI=1S/C10H5F3NS/c11-6-1-9(12)8(10(13)2-6)3-7-4-15-5-14-7/h1-2,4H,3H2. The molecule has 0 bridgehead atoms. The first-order valence-electron chi connectivity index (χ1n) is 4.10. The molecule has 0 N–H and O–H groups in total. The second-order valence-corrected chi connectivity index (χ2v) is 3.61. The van der Waals surface area contributed by atoms with Crippen molar-refractivity contribution in [2.24, 2.45) is 0 Å². The minimum Gasteiger partial charge on any atom is -0.238 e. The number of aromatic nitrogens is 1. The molecule has 0 unspecified atom stereocenters. The molecule has 1 aromatic carbocycles. The Kier molecular flexibility index (Phi) is 2.73. The van der Waals surface area contributed by atoms with Crippen LogP contribution in [0.3, 0.4) is 0 Å². The van der Waals surface area contributed by atoms with Gasteiger partial charge in [0.25, 0.3) is 0 Å². The van der Waals surface area contributed by atoms with Crippen LogP contribution in [0.5, 0.6) is 0 Å². The van der Waals surface area contributed by atoms with E-state index in [9.17, 15) is 13.2 Å². The van der Waals surface area contributed by atoms with E-state index in [1.165, 1.54) is 11.3 Å². The highest BCUT2D eigenvalue weighted by Gasteiger charge is 2.12. The number of halogens is 3. The Morgan fingerprint density at radius 3 is 2.40 bits per heavy atom. The summed E-state index contributed by atoms with van der Waals surface area (Å²) in [5, 5.41) is 1.64. The Labute approximate surface area is 88.2 Å². The summed E-state index contributed by atoms with van der Waals surface area (Å²) in [6, 6.07) is 1.32. The Morgan fingerprint density at radius 2 is 1.87 bits per heavy atom. The molecule has 1 heterocycles. The molecule has 0 aliphatic heterocycles. The van der Waals surface area contributed by atoms with E-state index < -0.39 is 17.5 Å². The van der Waals surface area contributed by atoms with Gasteiger partial charge < -0.3 is 0 Å². The Balaban J connectivity index is 2.36. The normalized spacial score (nSPS) is 10.6. The third-order valence-electron chi connectivity index (χ3n) is 1.90. The van der Waals surface area contributed by atoms with Crippen LogP contribution in [0, 0.1) is 23.0 Å². The predicted octanol–water partition coefficient (Wildman–Crippen LogP) is 2.95. The van der Waals surface area contributed by atoms with Gasteiger partial charge in [0.1, 0.15) is 17.5 Å². The van der Waals surface area contributed by atoms with Crippen molar-refractivity contribution in [3.05, 3.63) is 51.7 Å². The number of hydrogen-bond donors (Lipinski definition) is 0. The molecule has 0 saturated carbocycles. The summed E-state index contributed by atoms with van der Waals surface area (Å²) in [6.45, 7) is 0. The maximum atomic E-state index is 13.2. The Hall–Kier alpha value is -1.36. The molecular weight excluding hydrogens is 223 g/mol. The molecule has 5 heteroatoms. The molecule has 2 aromatic rings. The molecule has 2 rings (SSSR count). The first-order valence-corrected chi connectivity index (χ1v) is 4.98. The van der Waals surface area contributed by atoms with Crippen LogP contribution in [-0.2, 0) is 6.42 Å². The van der Waals surface area contributed by atoms with Crippen LogP contribution >= 0.6 is 11.3 Å². The summed E-state index contributed by atoms with van der Waals surface area (Å²) in [4.78, 5) is 3.78. The molecule has 0 atom stereocenters. The van der Waals surface area contributed by atoms with Crippen LogP contribution in [0.1, 0.15) is 11.3 Å². The van der Waals surface area contributed by atoms with Gasteiger partial charge in [0, 0.05) is 29.5 Å². The molecule has 1 aromatic heterocycles. The smallest absolute Gasteiger partial charge is 0.152 e. The average molecular weight is 228 g/mol. The number of nitrogens with zero attached hydrogens (tertiary/aromatic N) is 1. The molecule has 1 radical (unpaired) electrons. The lowest BCUT2D eigenvalue weighted by molar-refractivity contribution is 0.527. The van der Waals surface area contributed by atoms with E-state index in [2.05, 4.69) is 10.5 Å². The van der Waals surface area contributed by atoms with Gasteiger partial charge in [-0.05, 0) is 0 Å². The lowest BCUT2D eigenvalue weighted by Crippen LogP contribution is -1.98. The zero-order valence-electron chi connectivity index (χ0n) is 7.43. The van der Waals surface area contributed by atoms with E-state index in [-0.39, 0.29) is 12.0 Å². The van der Waals surface area contributed by atoms with Gasteiger partial charge in [-0.15, -0.1) is 11.3 Å². The fourth-order valence-electron chi connectivity index (χ4n) is 1.21. The van der Waals surface area contributed by atoms with Crippen LogP contribution in [0.4, 0.5) is 13.2 Å². The summed E-state index contributed by atoms with van der Waals surface area (Å²) in [7, 11) is 0. The van der Waals surface area contributed by atoms with E-state index in [0.717, 1.165) is 0 Å². The summed E-state index contributed by atoms with van der Waals surface area (Å²) in [5.74, 6) is -2.69. The predicted molar refractivity (Wildman–Crippen MR) is 50.1 cm³/mol. The topological polar surface area (TPSA) is 12.9 Å². The van der Waals surface area contributed by atoms with Crippen molar-refractivity contribution < 1.29 is 13.2 Å². The SMILES string of the molecule is Fc1cc(F)c(Cc2cs[c]n2)c(F)c1. The highest BCUT2D eigenvalue weighted by Crippen LogP contribution is 2.18. The number of thiazole rings is 1. The zero-order valence-corrected chi connectivity index (χ0v) is 8.25. The third kappa shape index (κ3) is 2.18. The first kappa shape index (κ1) is 10.2. The van der Waals surface area contributed by atoms with Crippen molar-refractivity contribution >= 4 is 11.3 Å². The zero-order chi connectivity index (χ0) is 10.8. The fraction of sp³-hybridized carbons (Fsp3) is 0.100. The fourth-order valence-corrected chi connectivity index (χ4v) is 1.70. The van der Waals surface area contributed by atoms with E-state index in [4.69, 9.17) is 0 Å². The maximum absolute atomic E-state index is 13.2. The second-order valence-electron chi connectivity index (χ2n) is 2.95. The molecule has 0 saturated heterocycles. The van der Waals surface area contributed by atoms with Crippen LogP contribution in [0.2, 0.25) is 0 Å². The molecule has 0 fully saturated rings. The van der Waals surface area contributed by atoms with Gasteiger partial charge in [-0.1, -0.05) is 0 Å². The molecule has 15 heavy (non-hydrogen) atoms. The monoisotopic (exact) mass is 228 g/mol. The van der Waals surface area contributed by atoms with Crippen molar-refractivity contribution in [1.29, 1.82) is 0 Å². The molecule has 0 aliphatic rings. The van der Waals surface area contributed by atoms with Gasteiger partial charge in [-0.25, -0.2) is 18.2 Å². The third-order valence-corrected chi connectivity index (χ3v) is 2.49. The van der Waals surface area contributed by atoms with Crippen molar-refractivity contribution in [3.8, 4) is 0 Å². The molecule has 0 aliphatic carbocycles. The van der Waals surface area contributed by atoms with Crippen molar-refractivity contribution in [3.63, 3.8) is 0 Å². The minimum atomic E-state index is -0.918. The summed E-state index contributed by atoms with van der Waals surface area (Å²) in [6.07, 6.45) is 0.0119. The lowest BCUT2D eigenvalue weighted by atomic mass is 10.1. The molecule has 77 valence electrons. The maximum Gasteiger partial charge on any atom is 0.152 e. The molecule has 0 spiro atoms. The van der Waals surface area contributed by atoms with Gasteiger partial charge in [0.15, 0.2) is 5.51 Å². The van der Waals surface area contributed by atoms with Gasteiger partial charge in [-0.3, -0.25) is 0 Å². The first-order chi connectivity index (χ1) is 7.16. The van der Waals surface area contributed by atoms with Gasteiger partial charge in [0.2, 0.25) is 0 Å². The van der Waals surface area contributed by atoms with Crippen molar-refractivity contribution in [2.75, 3.05) is 0 Å². The van der Waals surface area contributed by atoms with E-state index in [0.29, 0.717) is 17.8 Å². The largest absolute Gasteiger partial charge is 0.238 e. The molecule has 0 amide bonds. The van der Waals surface area contributed by atoms with Crippen molar-refractivity contribution in [2.45, 2.75) is 6.42 Å². The second kappa shape index (κ2) is 4.02. The molecular formula is C10H5F3NS. The highest BCUT2D eigenvalue weighted by molar-refractivity contribution is 7.07. The molecule has 1 nitrogen and oxygen atoms in total. The quantitative estimate of drug-likeness (QED) is 0.770. The summed E-state index contributed by atoms with van der Waals surface area (Å²) >= 11 is 1.22. The van der Waals surface area contributed by atoms with Gasteiger partial charge in [0.05, 0.1) is 5.69 Å². The van der Waals surface area contributed by atoms with Crippen LogP contribution < -0.4 is 0 Å². The Bertz CT molecular complexity index is 445.